The third-order valence-electron chi connectivity index (χ3n) is 4.65. The highest BCUT2D eigenvalue weighted by atomic mass is 19.4. The monoisotopic (exact) mass is 278 g/mol. The summed E-state index contributed by atoms with van der Waals surface area (Å²) in [5.74, 6) is -1.28. The van der Waals surface area contributed by atoms with Crippen LogP contribution in [-0.2, 0) is 4.79 Å². The molecule has 0 aromatic rings. The lowest BCUT2D eigenvalue weighted by atomic mass is 9.83. The van der Waals surface area contributed by atoms with Gasteiger partial charge in [-0.1, -0.05) is 12.8 Å². The highest BCUT2D eigenvalue weighted by molar-refractivity contribution is 5.83. The fourth-order valence-corrected chi connectivity index (χ4v) is 3.30. The summed E-state index contributed by atoms with van der Waals surface area (Å²) in [5, 5.41) is 0. The van der Waals surface area contributed by atoms with Crippen molar-refractivity contribution in [2.75, 3.05) is 19.6 Å². The topological polar surface area (TPSA) is 46.3 Å². The van der Waals surface area contributed by atoms with Crippen LogP contribution in [0.3, 0.4) is 0 Å². The maximum Gasteiger partial charge on any atom is 0.391 e. The lowest BCUT2D eigenvalue weighted by Crippen LogP contribution is -2.50. The summed E-state index contributed by atoms with van der Waals surface area (Å²) >= 11 is 0. The van der Waals surface area contributed by atoms with E-state index in [4.69, 9.17) is 5.73 Å². The summed E-state index contributed by atoms with van der Waals surface area (Å²) in [6.45, 7) is 0.737. The second-order valence-corrected chi connectivity index (χ2v) is 5.80. The maximum atomic E-state index is 12.6. The number of hydrogen-bond acceptors (Lipinski definition) is 2. The minimum Gasteiger partial charge on any atom is -0.342 e. The highest BCUT2D eigenvalue weighted by Crippen LogP contribution is 2.40. The minimum atomic E-state index is -4.13. The van der Waals surface area contributed by atoms with E-state index < -0.39 is 17.5 Å². The van der Waals surface area contributed by atoms with E-state index in [-0.39, 0.29) is 31.8 Å². The third-order valence-corrected chi connectivity index (χ3v) is 4.65. The number of likely N-dealkylation sites (tertiary alicyclic amines) is 1. The van der Waals surface area contributed by atoms with Crippen LogP contribution < -0.4 is 5.73 Å². The zero-order chi connectivity index (χ0) is 14.1. The van der Waals surface area contributed by atoms with Crippen LogP contribution >= 0.6 is 0 Å². The average Bonchev–Trinajstić information content (AvgIpc) is 2.87. The van der Waals surface area contributed by atoms with Crippen LogP contribution in [0, 0.1) is 11.3 Å². The summed E-state index contributed by atoms with van der Waals surface area (Å²) in [7, 11) is 0. The van der Waals surface area contributed by atoms with Crippen LogP contribution in [0.1, 0.15) is 38.5 Å². The van der Waals surface area contributed by atoms with Crippen molar-refractivity contribution in [1.29, 1.82) is 0 Å². The Morgan fingerprint density at radius 2 is 1.74 bits per heavy atom. The van der Waals surface area contributed by atoms with Gasteiger partial charge in [0.15, 0.2) is 0 Å². The minimum absolute atomic E-state index is 0.0203. The number of amides is 1. The van der Waals surface area contributed by atoms with Gasteiger partial charge in [-0.2, -0.15) is 13.2 Å². The predicted octanol–water partition coefficient (Wildman–Crippen LogP) is 2.31. The second-order valence-electron chi connectivity index (χ2n) is 5.80. The highest BCUT2D eigenvalue weighted by Gasteiger charge is 2.46. The Balaban J connectivity index is 1.96. The second kappa shape index (κ2) is 5.31. The molecule has 0 radical (unpaired) electrons. The van der Waals surface area contributed by atoms with Gasteiger partial charge in [-0.15, -0.1) is 0 Å². The van der Waals surface area contributed by atoms with Gasteiger partial charge in [-0.25, -0.2) is 0 Å². The van der Waals surface area contributed by atoms with Gasteiger partial charge in [-0.05, 0) is 25.7 Å². The lowest BCUT2D eigenvalue weighted by molar-refractivity contribution is -0.187. The van der Waals surface area contributed by atoms with Crippen LogP contribution in [0.5, 0.6) is 0 Å². The van der Waals surface area contributed by atoms with Crippen molar-refractivity contribution >= 4 is 5.91 Å². The molecular weight excluding hydrogens is 257 g/mol. The predicted molar refractivity (Wildman–Crippen MR) is 65.3 cm³/mol. The first-order valence-corrected chi connectivity index (χ1v) is 6.95. The Labute approximate surface area is 111 Å². The van der Waals surface area contributed by atoms with Gasteiger partial charge < -0.3 is 10.6 Å². The molecule has 1 aliphatic heterocycles. The summed E-state index contributed by atoms with van der Waals surface area (Å²) in [5.41, 5.74) is 5.25. The number of piperidine rings is 1. The van der Waals surface area contributed by atoms with E-state index in [1.165, 1.54) is 0 Å². The van der Waals surface area contributed by atoms with Gasteiger partial charge in [0, 0.05) is 19.6 Å². The molecule has 1 saturated heterocycles. The first-order valence-electron chi connectivity index (χ1n) is 6.95. The molecule has 19 heavy (non-hydrogen) atoms. The Hall–Kier alpha value is -0.780. The van der Waals surface area contributed by atoms with Gasteiger partial charge in [0.2, 0.25) is 5.91 Å². The molecule has 0 aromatic carbocycles. The number of hydrogen-bond donors (Lipinski definition) is 1. The molecule has 6 heteroatoms. The Morgan fingerprint density at radius 3 is 2.16 bits per heavy atom. The van der Waals surface area contributed by atoms with E-state index >= 15 is 0 Å². The van der Waals surface area contributed by atoms with Gasteiger partial charge in [0.05, 0.1) is 11.3 Å². The summed E-state index contributed by atoms with van der Waals surface area (Å²) in [4.78, 5) is 14.1. The zero-order valence-corrected chi connectivity index (χ0v) is 11.0. The molecule has 2 N–H and O–H groups in total. The summed E-state index contributed by atoms with van der Waals surface area (Å²) < 4.78 is 37.8. The van der Waals surface area contributed by atoms with Gasteiger partial charge in [0.1, 0.15) is 0 Å². The maximum absolute atomic E-state index is 12.6. The SMILES string of the molecule is NCC1(C(=O)N2CCC(C(F)(F)F)CC2)CCCC1. The zero-order valence-electron chi connectivity index (χ0n) is 11.0. The number of carbonyl (C=O) groups is 1. The molecule has 1 heterocycles. The molecule has 3 nitrogen and oxygen atoms in total. The molecule has 0 atom stereocenters. The van der Waals surface area contributed by atoms with E-state index in [1.54, 1.807) is 4.90 Å². The number of alkyl halides is 3. The van der Waals surface area contributed by atoms with Crippen molar-refractivity contribution in [3.05, 3.63) is 0 Å². The van der Waals surface area contributed by atoms with Crippen molar-refractivity contribution in [3.8, 4) is 0 Å². The van der Waals surface area contributed by atoms with E-state index in [1.807, 2.05) is 0 Å². The number of halogens is 3. The van der Waals surface area contributed by atoms with Crippen LogP contribution in [0.4, 0.5) is 13.2 Å². The largest absolute Gasteiger partial charge is 0.391 e. The molecule has 2 aliphatic rings. The molecule has 1 amide bonds. The molecule has 2 rings (SSSR count). The van der Waals surface area contributed by atoms with E-state index in [9.17, 15) is 18.0 Å². The molecule has 0 bridgehead atoms. The standard InChI is InChI=1S/C13H21F3N2O/c14-13(15,16)10-3-7-18(8-4-10)11(19)12(9-17)5-1-2-6-12/h10H,1-9,17H2. The van der Waals surface area contributed by atoms with Crippen molar-refractivity contribution < 1.29 is 18.0 Å². The third kappa shape index (κ3) is 2.88. The lowest BCUT2D eigenvalue weighted by Gasteiger charge is -2.38. The van der Waals surface area contributed by atoms with Crippen LogP contribution in [0.25, 0.3) is 0 Å². The van der Waals surface area contributed by atoms with Gasteiger partial charge >= 0.3 is 6.18 Å². The molecule has 1 aliphatic carbocycles. The molecule has 0 spiro atoms. The van der Waals surface area contributed by atoms with Gasteiger partial charge in [-0.3, -0.25) is 4.79 Å². The number of rotatable bonds is 2. The molecule has 2 fully saturated rings. The Bertz CT molecular complexity index is 329. The molecule has 0 aromatic heterocycles. The van der Waals surface area contributed by atoms with E-state index in [2.05, 4.69) is 0 Å². The first kappa shape index (κ1) is 14.6. The Kier molecular flexibility index (Phi) is 4.08. The summed E-state index contributed by atoms with van der Waals surface area (Å²) in [6, 6.07) is 0. The average molecular weight is 278 g/mol. The van der Waals surface area contributed by atoms with Crippen LogP contribution in [0.2, 0.25) is 0 Å². The van der Waals surface area contributed by atoms with Crippen LogP contribution in [0.15, 0.2) is 0 Å². The van der Waals surface area contributed by atoms with Crippen molar-refractivity contribution in [1.82, 2.24) is 4.90 Å². The smallest absolute Gasteiger partial charge is 0.342 e. The van der Waals surface area contributed by atoms with E-state index in [0.717, 1.165) is 25.7 Å². The van der Waals surface area contributed by atoms with Crippen molar-refractivity contribution in [3.63, 3.8) is 0 Å². The normalized spacial score (nSPS) is 24.7. The van der Waals surface area contributed by atoms with Crippen molar-refractivity contribution in [2.45, 2.75) is 44.7 Å². The molecule has 1 saturated carbocycles. The fourth-order valence-electron chi connectivity index (χ4n) is 3.30. The molecule has 0 unspecified atom stereocenters. The number of nitrogens with zero attached hydrogens (tertiary/aromatic N) is 1. The van der Waals surface area contributed by atoms with Crippen LogP contribution in [-0.4, -0.2) is 36.6 Å². The van der Waals surface area contributed by atoms with Gasteiger partial charge in [0.25, 0.3) is 0 Å². The van der Waals surface area contributed by atoms with Crippen molar-refractivity contribution in [2.24, 2.45) is 17.1 Å². The number of nitrogens with two attached hydrogens (primary N) is 1. The fraction of sp³-hybridized carbons (Fsp3) is 0.923. The summed E-state index contributed by atoms with van der Waals surface area (Å²) in [6.07, 6.45) is -0.549. The first-order chi connectivity index (χ1) is 8.89. The van der Waals surface area contributed by atoms with E-state index in [0.29, 0.717) is 6.54 Å². The Morgan fingerprint density at radius 1 is 1.21 bits per heavy atom. The molecule has 110 valence electrons. The quantitative estimate of drug-likeness (QED) is 0.842. The molecular formula is C13H21F3N2O. The number of carbonyl (C=O) groups excluding carboxylic acids is 1.